The molecule has 0 aromatic rings. The van der Waals surface area contributed by atoms with Crippen LogP contribution in [0.1, 0.15) is 32.6 Å². The summed E-state index contributed by atoms with van der Waals surface area (Å²) in [4.78, 5) is 48.9. The monoisotopic (exact) mass is 282 g/mol. The Balaban J connectivity index is 1.83. The minimum atomic E-state index is -0.881. The Kier molecular flexibility index (Phi) is 4.36. The van der Waals surface area contributed by atoms with E-state index >= 15 is 0 Å². The van der Waals surface area contributed by atoms with E-state index in [0.717, 1.165) is 17.7 Å². The summed E-state index contributed by atoms with van der Waals surface area (Å²) < 4.78 is 5.01. The Labute approximate surface area is 116 Å². The van der Waals surface area contributed by atoms with Crippen molar-refractivity contribution < 1.29 is 23.9 Å². The molecule has 1 atom stereocenters. The number of likely N-dealkylation sites (tertiary alicyclic amines) is 2. The van der Waals surface area contributed by atoms with Crippen molar-refractivity contribution in [1.82, 2.24) is 9.80 Å². The highest BCUT2D eigenvalue weighted by Gasteiger charge is 2.32. The molecule has 2 rings (SSSR count). The zero-order valence-electron chi connectivity index (χ0n) is 11.5. The van der Waals surface area contributed by atoms with Gasteiger partial charge in [0, 0.05) is 25.9 Å². The summed E-state index contributed by atoms with van der Waals surface area (Å²) in [7, 11) is 0. The molecule has 2 heterocycles. The van der Waals surface area contributed by atoms with Crippen LogP contribution in [-0.4, -0.2) is 59.2 Å². The first-order chi connectivity index (χ1) is 9.49. The number of carbonyl (C=O) groups is 4. The lowest BCUT2D eigenvalue weighted by Gasteiger charge is -2.21. The van der Waals surface area contributed by atoms with Crippen LogP contribution in [0.15, 0.2) is 0 Å². The van der Waals surface area contributed by atoms with Gasteiger partial charge in [-0.15, -0.1) is 0 Å². The smallest absolute Gasteiger partial charge is 0.326 e. The van der Waals surface area contributed by atoms with E-state index in [0.29, 0.717) is 13.1 Å². The Morgan fingerprint density at radius 2 is 1.70 bits per heavy atom. The average molecular weight is 282 g/mol. The number of nitrogens with zero attached hydrogens (tertiary/aromatic N) is 2. The molecule has 0 bridgehead atoms. The van der Waals surface area contributed by atoms with Crippen LogP contribution in [0, 0.1) is 0 Å². The van der Waals surface area contributed by atoms with Gasteiger partial charge in [-0.2, -0.15) is 0 Å². The molecular weight excluding hydrogens is 264 g/mol. The molecule has 3 amide bonds. The van der Waals surface area contributed by atoms with Crippen LogP contribution in [0.2, 0.25) is 0 Å². The molecule has 2 aliphatic rings. The fourth-order valence-electron chi connectivity index (χ4n) is 2.41. The number of hydrogen-bond acceptors (Lipinski definition) is 5. The standard InChI is InChI=1S/C13H18N2O5/c1-9(13(19)14-6-2-3-7-14)20-12(18)8-15-10(16)4-5-11(15)17/h9H,2-8H2,1H3. The van der Waals surface area contributed by atoms with Crippen molar-refractivity contribution in [2.24, 2.45) is 0 Å². The minimum Gasteiger partial charge on any atom is -0.451 e. The number of imide groups is 1. The van der Waals surface area contributed by atoms with Crippen molar-refractivity contribution in [3.05, 3.63) is 0 Å². The third-order valence-corrected chi connectivity index (χ3v) is 3.52. The van der Waals surface area contributed by atoms with Gasteiger partial charge >= 0.3 is 5.97 Å². The van der Waals surface area contributed by atoms with Crippen molar-refractivity contribution in [2.45, 2.75) is 38.7 Å². The molecule has 2 fully saturated rings. The third kappa shape index (κ3) is 3.15. The summed E-state index contributed by atoms with van der Waals surface area (Å²) in [5.74, 6) is -1.69. The summed E-state index contributed by atoms with van der Waals surface area (Å²) in [6.45, 7) is 2.47. The maximum atomic E-state index is 11.9. The number of rotatable bonds is 4. The molecule has 0 aromatic heterocycles. The second-order valence-corrected chi connectivity index (χ2v) is 5.04. The van der Waals surface area contributed by atoms with E-state index in [9.17, 15) is 19.2 Å². The Morgan fingerprint density at radius 3 is 2.25 bits per heavy atom. The first-order valence-corrected chi connectivity index (χ1v) is 6.80. The van der Waals surface area contributed by atoms with Gasteiger partial charge in [0.1, 0.15) is 6.54 Å². The number of carbonyl (C=O) groups excluding carboxylic acids is 4. The summed E-state index contributed by atoms with van der Waals surface area (Å²) in [6, 6.07) is 0. The Hall–Kier alpha value is -1.92. The SMILES string of the molecule is CC(OC(=O)CN1C(=O)CCC1=O)C(=O)N1CCCC1. The molecular formula is C13H18N2O5. The maximum absolute atomic E-state index is 11.9. The predicted octanol–water partition coefficient (Wildman–Crippen LogP) is -0.310. The lowest BCUT2D eigenvalue weighted by atomic mass is 10.3. The zero-order valence-corrected chi connectivity index (χ0v) is 11.5. The van der Waals surface area contributed by atoms with E-state index in [2.05, 4.69) is 0 Å². The van der Waals surface area contributed by atoms with Crippen molar-refractivity contribution >= 4 is 23.7 Å². The van der Waals surface area contributed by atoms with Crippen LogP contribution in [-0.2, 0) is 23.9 Å². The molecule has 110 valence electrons. The van der Waals surface area contributed by atoms with Gasteiger partial charge < -0.3 is 9.64 Å². The average Bonchev–Trinajstić information content (AvgIpc) is 3.03. The quantitative estimate of drug-likeness (QED) is 0.521. The van der Waals surface area contributed by atoms with Crippen molar-refractivity contribution in [3.63, 3.8) is 0 Å². The van der Waals surface area contributed by atoms with Crippen molar-refractivity contribution in [3.8, 4) is 0 Å². The number of ether oxygens (including phenoxy) is 1. The molecule has 0 aromatic carbocycles. The first-order valence-electron chi connectivity index (χ1n) is 6.80. The fraction of sp³-hybridized carbons (Fsp3) is 0.692. The van der Waals surface area contributed by atoms with Crippen LogP contribution >= 0.6 is 0 Å². The molecule has 7 nitrogen and oxygen atoms in total. The van der Waals surface area contributed by atoms with Crippen LogP contribution < -0.4 is 0 Å². The topological polar surface area (TPSA) is 84.0 Å². The molecule has 2 aliphatic heterocycles. The Morgan fingerprint density at radius 1 is 1.15 bits per heavy atom. The predicted molar refractivity (Wildman–Crippen MR) is 67.3 cm³/mol. The summed E-state index contributed by atoms with van der Waals surface area (Å²) in [5.41, 5.74) is 0. The summed E-state index contributed by atoms with van der Waals surface area (Å²) >= 11 is 0. The van der Waals surface area contributed by atoms with E-state index in [1.54, 1.807) is 4.90 Å². The number of hydrogen-bond donors (Lipinski definition) is 0. The lowest BCUT2D eigenvalue weighted by Crippen LogP contribution is -2.41. The fourth-order valence-corrected chi connectivity index (χ4v) is 2.41. The van der Waals surface area contributed by atoms with Gasteiger partial charge in [0.05, 0.1) is 0 Å². The first kappa shape index (κ1) is 14.5. The minimum absolute atomic E-state index is 0.133. The van der Waals surface area contributed by atoms with Gasteiger partial charge in [0.2, 0.25) is 11.8 Å². The highest BCUT2D eigenvalue weighted by atomic mass is 16.5. The lowest BCUT2D eigenvalue weighted by molar-refractivity contribution is -0.161. The Bertz CT molecular complexity index is 426. The van der Waals surface area contributed by atoms with E-state index < -0.39 is 18.6 Å². The molecule has 7 heteroatoms. The largest absolute Gasteiger partial charge is 0.451 e. The number of amides is 3. The molecule has 1 unspecified atom stereocenters. The highest BCUT2D eigenvalue weighted by molar-refractivity contribution is 6.04. The molecule has 20 heavy (non-hydrogen) atoms. The summed E-state index contributed by atoms with van der Waals surface area (Å²) in [6.07, 6.45) is 1.31. The van der Waals surface area contributed by atoms with Crippen molar-refractivity contribution in [1.29, 1.82) is 0 Å². The van der Waals surface area contributed by atoms with Gasteiger partial charge in [-0.1, -0.05) is 0 Å². The number of esters is 1. The van der Waals surface area contributed by atoms with Gasteiger partial charge in [0.25, 0.3) is 5.91 Å². The molecule has 0 saturated carbocycles. The van der Waals surface area contributed by atoms with E-state index in [1.165, 1.54) is 6.92 Å². The molecule has 2 saturated heterocycles. The van der Waals surface area contributed by atoms with Crippen molar-refractivity contribution in [2.75, 3.05) is 19.6 Å². The van der Waals surface area contributed by atoms with Gasteiger partial charge in [-0.3, -0.25) is 24.1 Å². The van der Waals surface area contributed by atoms with E-state index in [1.807, 2.05) is 0 Å². The molecule has 0 aliphatic carbocycles. The third-order valence-electron chi connectivity index (χ3n) is 3.52. The molecule has 0 radical (unpaired) electrons. The van der Waals surface area contributed by atoms with Crippen LogP contribution in [0.25, 0.3) is 0 Å². The van der Waals surface area contributed by atoms with Crippen LogP contribution in [0.5, 0.6) is 0 Å². The second-order valence-electron chi connectivity index (χ2n) is 5.04. The highest BCUT2D eigenvalue weighted by Crippen LogP contribution is 2.13. The zero-order chi connectivity index (χ0) is 14.7. The van der Waals surface area contributed by atoms with Gasteiger partial charge in [-0.25, -0.2) is 0 Å². The van der Waals surface area contributed by atoms with Crippen LogP contribution in [0.3, 0.4) is 0 Å². The van der Waals surface area contributed by atoms with E-state index in [4.69, 9.17) is 4.74 Å². The molecule has 0 spiro atoms. The van der Waals surface area contributed by atoms with Gasteiger partial charge in [-0.05, 0) is 19.8 Å². The van der Waals surface area contributed by atoms with Gasteiger partial charge in [0.15, 0.2) is 6.10 Å². The van der Waals surface area contributed by atoms with E-state index in [-0.39, 0.29) is 30.6 Å². The van der Waals surface area contributed by atoms with Crippen LogP contribution in [0.4, 0.5) is 0 Å². The molecule has 0 N–H and O–H groups in total. The second kappa shape index (κ2) is 6.02. The summed E-state index contributed by atoms with van der Waals surface area (Å²) in [5, 5.41) is 0. The maximum Gasteiger partial charge on any atom is 0.326 e. The normalized spacial score (nSPS) is 20.4.